The van der Waals surface area contributed by atoms with E-state index in [9.17, 15) is 26.3 Å². The monoisotopic (exact) mass is 384 g/mol. The van der Waals surface area contributed by atoms with E-state index in [4.69, 9.17) is 0 Å². The lowest BCUT2D eigenvalue weighted by Gasteiger charge is -2.09. The number of aromatic nitrogens is 4. The van der Waals surface area contributed by atoms with Crippen molar-refractivity contribution in [1.29, 1.82) is 0 Å². The summed E-state index contributed by atoms with van der Waals surface area (Å²) in [4.78, 5) is 3.43. The van der Waals surface area contributed by atoms with Crippen LogP contribution in [0.5, 0.6) is 0 Å². The van der Waals surface area contributed by atoms with Crippen molar-refractivity contribution in [3.8, 4) is 0 Å². The summed E-state index contributed by atoms with van der Waals surface area (Å²) in [6, 6.07) is 6.32. The molecule has 0 radical (unpaired) electrons. The lowest BCUT2D eigenvalue weighted by Crippen LogP contribution is -2.10. The number of pyridine rings is 1. The Kier molecular flexibility index (Phi) is 3.69. The van der Waals surface area contributed by atoms with Gasteiger partial charge < -0.3 is 4.40 Å². The van der Waals surface area contributed by atoms with Gasteiger partial charge in [0.05, 0.1) is 23.0 Å². The van der Waals surface area contributed by atoms with Crippen LogP contribution in [0.1, 0.15) is 22.5 Å². The third-order valence-electron chi connectivity index (χ3n) is 4.20. The number of alkyl halides is 6. The molecule has 0 atom stereocenters. The molecule has 3 heterocycles. The Morgan fingerprint density at radius 1 is 0.963 bits per heavy atom. The van der Waals surface area contributed by atoms with E-state index in [1.165, 1.54) is 6.20 Å². The van der Waals surface area contributed by atoms with Crippen molar-refractivity contribution < 1.29 is 26.3 Å². The molecule has 0 fully saturated rings. The lowest BCUT2D eigenvalue weighted by atomic mass is 10.1. The Morgan fingerprint density at radius 2 is 1.74 bits per heavy atom. The van der Waals surface area contributed by atoms with E-state index in [1.54, 1.807) is 18.2 Å². The summed E-state index contributed by atoms with van der Waals surface area (Å²) in [5, 5.41) is 7.30. The van der Waals surface area contributed by atoms with Gasteiger partial charge in [0.15, 0.2) is 5.69 Å². The molecule has 4 nitrogen and oxygen atoms in total. The SMILES string of the molecule is FC(F)(F)c1ccn2c(Cc3ccc4[nH]ncc4c3)c(C(F)(F)F)nc2c1. The van der Waals surface area contributed by atoms with Gasteiger partial charge in [0.25, 0.3) is 0 Å². The Labute approximate surface area is 147 Å². The van der Waals surface area contributed by atoms with E-state index in [1.807, 2.05) is 0 Å². The number of halogens is 6. The molecule has 140 valence electrons. The molecule has 0 aliphatic carbocycles. The highest BCUT2D eigenvalue weighted by Gasteiger charge is 2.38. The van der Waals surface area contributed by atoms with Gasteiger partial charge in [-0.15, -0.1) is 0 Å². The number of rotatable bonds is 2. The van der Waals surface area contributed by atoms with Crippen molar-refractivity contribution >= 4 is 16.6 Å². The molecule has 0 unspecified atom stereocenters. The second-order valence-corrected chi connectivity index (χ2v) is 6.01. The molecule has 0 amide bonds. The second-order valence-electron chi connectivity index (χ2n) is 6.01. The van der Waals surface area contributed by atoms with Gasteiger partial charge in [0.1, 0.15) is 5.65 Å². The number of benzene rings is 1. The number of fused-ring (bicyclic) bond motifs is 2. The Morgan fingerprint density at radius 3 is 2.44 bits per heavy atom. The van der Waals surface area contributed by atoms with Crippen molar-refractivity contribution in [1.82, 2.24) is 19.6 Å². The van der Waals surface area contributed by atoms with Gasteiger partial charge in [-0.2, -0.15) is 31.4 Å². The first-order valence-electron chi connectivity index (χ1n) is 7.70. The summed E-state index contributed by atoms with van der Waals surface area (Å²) in [6.45, 7) is 0. The van der Waals surface area contributed by atoms with Gasteiger partial charge in [0.2, 0.25) is 0 Å². The smallest absolute Gasteiger partial charge is 0.303 e. The fourth-order valence-corrected chi connectivity index (χ4v) is 2.96. The first kappa shape index (κ1) is 17.4. The minimum atomic E-state index is -4.79. The highest BCUT2D eigenvalue weighted by molar-refractivity contribution is 5.78. The van der Waals surface area contributed by atoms with Crippen molar-refractivity contribution in [2.75, 3.05) is 0 Å². The van der Waals surface area contributed by atoms with Crippen LogP contribution in [0.25, 0.3) is 16.6 Å². The van der Waals surface area contributed by atoms with Crippen LogP contribution in [0.2, 0.25) is 0 Å². The van der Waals surface area contributed by atoms with Crippen molar-refractivity contribution in [2.24, 2.45) is 0 Å². The molecule has 27 heavy (non-hydrogen) atoms. The van der Waals surface area contributed by atoms with E-state index >= 15 is 0 Å². The zero-order valence-corrected chi connectivity index (χ0v) is 13.4. The van der Waals surface area contributed by atoms with Crippen LogP contribution in [-0.2, 0) is 18.8 Å². The van der Waals surface area contributed by atoms with Gasteiger partial charge in [-0.05, 0) is 29.8 Å². The van der Waals surface area contributed by atoms with Crippen LogP contribution in [-0.4, -0.2) is 19.6 Å². The normalized spacial score (nSPS) is 13.0. The van der Waals surface area contributed by atoms with E-state index in [0.717, 1.165) is 22.2 Å². The summed E-state index contributed by atoms with van der Waals surface area (Å²) in [6.07, 6.45) is -7.11. The Hall–Kier alpha value is -3.04. The maximum atomic E-state index is 13.4. The summed E-state index contributed by atoms with van der Waals surface area (Å²) in [5.74, 6) is 0. The number of H-pyrrole nitrogens is 1. The van der Waals surface area contributed by atoms with Crippen LogP contribution in [0, 0.1) is 0 Å². The predicted molar refractivity (Wildman–Crippen MR) is 84.1 cm³/mol. The minimum Gasteiger partial charge on any atom is -0.303 e. The topological polar surface area (TPSA) is 46.0 Å². The quantitative estimate of drug-likeness (QED) is 0.503. The van der Waals surface area contributed by atoms with E-state index in [-0.39, 0.29) is 12.1 Å². The van der Waals surface area contributed by atoms with Crippen molar-refractivity contribution in [3.63, 3.8) is 0 Å². The molecule has 10 heteroatoms. The standard InChI is InChI=1S/C17H10F6N4/c18-16(19,20)11-3-4-27-13(15(17(21,22)23)25-14(27)7-11)6-9-1-2-12-10(5-9)8-24-26-12/h1-5,7-8H,6H2,(H,24,26). The zero-order valence-electron chi connectivity index (χ0n) is 13.4. The molecule has 0 aliphatic heterocycles. The molecule has 1 N–H and O–H groups in total. The molecular formula is C17H10F6N4. The summed E-state index contributed by atoms with van der Waals surface area (Å²) in [5.41, 5.74) is -1.61. The molecule has 0 saturated carbocycles. The van der Waals surface area contributed by atoms with E-state index in [2.05, 4.69) is 15.2 Å². The molecule has 4 rings (SSSR count). The highest BCUT2D eigenvalue weighted by atomic mass is 19.4. The average Bonchev–Trinajstić information content (AvgIpc) is 3.17. The lowest BCUT2D eigenvalue weighted by molar-refractivity contribution is -0.141. The molecule has 0 aliphatic rings. The maximum Gasteiger partial charge on any atom is 0.435 e. The number of nitrogens with zero attached hydrogens (tertiary/aromatic N) is 3. The predicted octanol–water partition coefficient (Wildman–Crippen LogP) is 4.84. The van der Waals surface area contributed by atoms with Crippen LogP contribution >= 0.6 is 0 Å². The fourth-order valence-electron chi connectivity index (χ4n) is 2.96. The third kappa shape index (κ3) is 3.11. The van der Waals surface area contributed by atoms with Crippen LogP contribution < -0.4 is 0 Å². The Bertz CT molecular complexity index is 1140. The molecule has 4 aromatic rings. The number of imidazole rings is 1. The summed E-state index contributed by atoms with van der Waals surface area (Å²) < 4.78 is 79.8. The second kappa shape index (κ2) is 5.73. The summed E-state index contributed by atoms with van der Waals surface area (Å²) >= 11 is 0. The van der Waals surface area contributed by atoms with Crippen LogP contribution in [0.3, 0.4) is 0 Å². The van der Waals surface area contributed by atoms with Gasteiger partial charge in [0, 0.05) is 18.0 Å². The van der Waals surface area contributed by atoms with Crippen molar-refractivity contribution in [3.05, 3.63) is 65.2 Å². The van der Waals surface area contributed by atoms with Crippen LogP contribution in [0.4, 0.5) is 26.3 Å². The maximum absolute atomic E-state index is 13.4. The number of hydrogen-bond acceptors (Lipinski definition) is 2. The Balaban J connectivity index is 1.86. The van der Waals surface area contributed by atoms with Gasteiger partial charge in [-0.3, -0.25) is 5.10 Å². The van der Waals surface area contributed by atoms with Gasteiger partial charge in [-0.1, -0.05) is 6.07 Å². The number of aromatic amines is 1. The molecule has 1 aromatic carbocycles. The highest BCUT2D eigenvalue weighted by Crippen LogP contribution is 2.35. The first-order chi connectivity index (χ1) is 12.6. The van der Waals surface area contributed by atoms with Crippen LogP contribution in [0.15, 0.2) is 42.7 Å². The van der Waals surface area contributed by atoms with Crippen molar-refractivity contribution in [2.45, 2.75) is 18.8 Å². The molecule has 3 aromatic heterocycles. The summed E-state index contributed by atoms with van der Waals surface area (Å²) in [7, 11) is 0. The van der Waals surface area contributed by atoms with Gasteiger partial charge in [-0.25, -0.2) is 4.98 Å². The van der Waals surface area contributed by atoms with E-state index in [0.29, 0.717) is 17.0 Å². The number of hydrogen-bond donors (Lipinski definition) is 1. The third-order valence-corrected chi connectivity index (χ3v) is 4.20. The average molecular weight is 384 g/mol. The molecule has 0 spiro atoms. The van der Waals surface area contributed by atoms with Gasteiger partial charge >= 0.3 is 12.4 Å². The first-order valence-corrected chi connectivity index (χ1v) is 7.70. The fraction of sp³-hybridized carbons (Fsp3) is 0.176. The van der Waals surface area contributed by atoms with E-state index < -0.39 is 29.3 Å². The number of nitrogens with one attached hydrogen (secondary N) is 1. The minimum absolute atomic E-state index is 0.150. The molecular weight excluding hydrogens is 374 g/mol. The molecule has 0 saturated heterocycles. The largest absolute Gasteiger partial charge is 0.435 e. The zero-order chi connectivity index (χ0) is 19.4. The molecule has 0 bridgehead atoms.